The molecule has 286 valence electrons. The third-order valence-electron chi connectivity index (χ3n) is 8.79. The Morgan fingerprint density at radius 1 is 0.880 bits per heavy atom. The van der Waals surface area contributed by atoms with Gasteiger partial charge in [0.25, 0.3) is 0 Å². The van der Waals surface area contributed by atoms with Gasteiger partial charge in [0.2, 0.25) is 15.8 Å². The lowest BCUT2D eigenvalue weighted by atomic mass is 9.80. The number of sulfonamides is 1. The van der Waals surface area contributed by atoms with E-state index in [0.29, 0.717) is 11.2 Å². The highest BCUT2D eigenvalue weighted by molar-refractivity contribution is 7.90. The maximum absolute atomic E-state index is 12.1. The topological polar surface area (TPSA) is 154 Å². The molecular weight excluding hydrogens is 657 g/mol. The minimum absolute atomic E-state index is 0.0330. The minimum atomic E-state index is -2.94. The fourth-order valence-corrected chi connectivity index (χ4v) is 6.14. The van der Waals surface area contributed by atoms with E-state index in [1.807, 2.05) is 65.8 Å². The lowest BCUT2D eigenvalue weighted by molar-refractivity contribution is -0.125. The first-order chi connectivity index (χ1) is 23.2. The van der Waals surface area contributed by atoms with E-state index in [9.17, 15) is 18.0 Å². The summed E-state index contributed by atoms with van der Waals surface area (Å²) in [7, 11) is 0.0313. The van der Waals surface area contributed by atoms with E-state index in [-0.39, 0.29) is 41.0 Å². The summed E-state index contributed by atoms with van der Waals surface area (Å²) in [5, 5.41) is 14.9. The van der Waals surface area contributed by atoms with Gasteiger partial charge in [-0.3, -0.25) is 4.79 Å². The Bertz CT molecular complexity index is 1370. The maximum Gasteiger partial charge on any atom is 0.407 e. The smallest absolute Gasteiger partial charge is 0.407 e. The van der Waals surface area contributed by atoms with Gasteiger partial charge in [-0.15, -0.1) is 10.2 Å². The van der Waals surface area contributed by atoms with E-state index >= 15 is 0 Å². The van der Waals surface area contributed by atoms with Gasteiger partial charge >= 0.3 is 6.09 Å². The van der Waals surface area contributed by atoms with Crippen molar-refractivity contribution in [1.29, 1.82) is 0 Å². The first-order valence-electron chi connectivity index (χ1n) is 18.1. The normalized spacial score (nSPS) is 15.6. The Hall–Kier alpha value is -3.06. The number of alkyl carbamates (subject to hydrolysis) is 1. The van der Waals surface area contributed by atoms with Gasteiger partial charge in [0.1, 0.15) is 5.75 Å². The highest BCUT2D eigenvalue weighted by Gasteiger charge is 2.35. The van der Waals surface area contributed by atoms with Gasteiger partial charge in [0.15, 0.2) is 5.78 Å². The zero-order valence-corrected chi connectivity index (χ0v) is 33.8. The Balaban J connectivity index is 0.000000351. The van der Waals surface area contributed by atoms with Crippen molar-refractivity contribution in [3.63, 3.8) is 0 Å². The molecule has 1 heterocycles. The minimum Gasteiger partial charge on any atom is -0.497 e. The van der Waals surface area contributed by atoms with Crippen LogP contribution in [0.5, 0.6) is 5.75 Å². The molecule has 1 aromatic heterocycles. The number of hydrogen-bond acceptors (Lipinski definition) is 9. The number of hydrogen-bond donors (Lipinski definition) is 2. The molecule has 2 N–H and O–H groups in total. The standard InChI is InChI=1S/C13H23NO3.C11H14N4O.C7H16.C6H13NO2S/c1-9(2)12(15)11(14-13(16)17-3)10-7-5-4-6-8-10;1-8(2)15-13-11(12-14-15)9-4-6-10(16-3)7-5-9;1-6(2)7(3,4)5;1-5(2)7-10(8,9)6-3-4-6/h9-11H,4-8H2,1-3H3,(H,14,16);4-8H,1-3H3;6H,1-5H3;5-7H,3-4H2,1-2H3/t11-;;;/m0.../s1. The second kappa shape index (κ2) is 21.3. The number of Topliss-reactive ketones (excluding diaryl/α,β-unsaturated/α-hetero) is 1. The second-order valence-electron chi connectivity index (χ2n) is 15.4. The van der Waals surface area contributed by atoms with Crippen molar-refractivity contribution in [2.75, 3.05) is 14.2 Å². The average molecular weight is 723 g/mol. The Kier molecular flexibility index (Phi) is 19.2. The van der Waals surface area contributed by atoms with Crippen LogP contribution in [-0.2, 0) is 19.6 Å². The molecule has 0 aliphatic heterocycles. The van der Waals surface area contributed by atoms with Crippen molar-refractivity contribution in [2.45, 2.75) is 144 Å². The van der Waals surface area contributed by atoms with E-state index in [1.165, 1.54) is 13.5 Å². The van der Waals surface area contributed by atoms with Gasteiger partial charge in [-0.05, 0) is 100 Å². The molecule has 2 saturated carbocycles. The van der Waals surface area contributed by atoms with E-state index < -0.39 is 16.1 Å². The quantitative estimate of drug-likeness (QED) is 0.252. The largest absolute Gasteiger partial charge is 0.497 e. The van der Waals surface area contributed by atoms with Crippen LogP contribution >= 0.6 is 0 Å². The van der Waals surface area contributed by atoms with Crippen molar-refractivity contribution >= 4 is 21.9 Å². The maximum atomic E-state index is 12.1. The molecule has 0 spiro atoms. The molecule has 2 aromatic rings. The lowest BCUT2D eigenvalue weighted by Crippen LogP contribution is -2.48. The molecule has 0 unspecified atom stereocenters. The summed E-state index contributed by atoms with van der Waals surface area (Å²) in [5.74, 6) is 2.59. The fraction of sp³-hybridized carbons (Fsp3) is 0.757. The molecule has 2 aliphatic rings. The highest BCUT2D eigenvalue weighted by atomic mass is 32.2. The van der Waals surface area contributed by atoms with Crippen LogP contribution in [0.3, 0.4) is 0 Å². The van der Waals surface area contributed by atoms with E-state index in [4.69, 9.17) is 4.74 Å². The molecule has 2 fully saturated rings. The van der Waals surface area contributed by atoms with Crippen molar-refractivity contribution < 1.29 is 27.5 Å². The van der Waals surface area contributed by atoms with Crippen molar-refractivity contribution in [2.24, 2.45) is 23.2 Å². The van der Waals surface area contributed by atoms with E-state index in [2.05, 4.69) is 64.8 Å². The van der Waals surface area contributed by atoms with Crippen LogP contribution in [0, 0.1) is 23.2 Å². The Morgan fingerprint density at radius 2 is 1.42 bits per heavy atom. The summed E-state index contributed by atoms with van der Waals surface area (Å²) in [6.07, 6.45) is 6.74. The summed E-state index contributed by atoms with van der Waals surface area (Å²) in [6.45, 7) is 22.7. The summed E-state index contributed by atoms with van der Waals surface area (Å²) in [6, 6.07) is 7.48. The number of amides is 1. The van der Waals surface area contributed by atoms with Crippen LogP contribution in [0.15, 0.2) is 24.3 Å². The van der Waals surface area contributed by atoms with Crippen LogP contribution in [0.2, 0.25) is 0 Å². The number of nitrogens with one attached hydrogen (secondary N) is 2. The molecule has 2 aliphatic carbocycles. The van der Waals surface area contributed by atoms with Gasteiger partial charge in [-0.1, -0.05) is 67.7 Å². The lowest BCUT2D eigenvalue weighted by Gasteiger charge is -2.30. The zero-order valence-electron chi connectivity index (χ0n) is 32.9. The first kappa shape index (κ1) is 45.0. The third-order valence-corrected chi connectivity index (χ3v) is 10.9. The molecule has 0 radical (unpaired) electrons. The highest BCUT2D eigenvalue weighted by Crippen LogP contribution is 2.29. The average Bonchev–Trinajstić information content (AvgIpc) is 3.81. The summed E-state index contributed by atoms with van der Waals surface area (Å²) in [4.78, 5) is 25.0. The predicted octanol–water partition coefficient (Wildman–Crippen LogP) is 7.61. The second-order valence-corrected chi connectivity index (χ2v) is 17.4. The molecule has 0 bridgehead atoms. The zero-order chi connectivity index (χ0) is 38.2. The number of methoxy groups -OCH3 is 2. The Labute approximate surface area is 302 Å². The van der Waals surface area contributed by atoms with Gasteiger partial charge in [-0.25, -0.2) is 17.9 Å². The fourth-order valence-electron chi connectivity index (χ4n) is 4.54. The van der Waals surface area contributed by atoms with Gasteiger partial charge in [0, 0.05) is 17.5 Å². The van der Waals surface area contributed by atoms with E-state index in [1.54, 1.807) is 11.9 Å². The number of ketones is 1. The molecule has 50 heavy (non-hydrogen) atoms. The number of carbonyl (C=O) groups is 2. The monoisotopic (exact) mass is 722 g/mol. The summed E-state index contributed by atoms with van der Waals surface area (Å²) in [5.41, 5.74) is 1.44. The molecule has 13 heteroatoms. The molecular formula is C37H66N6O6S. The Morgan fingerprint density at radius 3 is 1.80 bits per heavy atom. The summed E-state index contributed by atoms with van der Waals surface area (Å²) >= 11 is 0. The van der Waals surface area contributed by atoms with Gasteiger partial charge in [0.05, 0.1) is 31.6 Å². The molecule has 12 nitrogen and oxygen atoms in total. The SMILES string of the molecule is CC(C)C(C)(C)C.CC(C)NS(=O)(=O)C1CC1.COC(=O)N[C@H](C(=O)C(C)C)C1CCCCC1.COc1ccc(-c2nnn(C(C)C)n2)cc1. The van der Waals surface area contributed by atoms with Crippen LogP contribution in [0.1, 0.15) is 127 Å². The van der Waals surface area contributed by atoms with Crippen LogP contribution in [0.4, 0.5) is 4.79 Å². The van der Waals surface area contributed by atoms with Crippen LogP contribution < -0.4 is 14.8 Å². The van der Waals surface area contributed by atoms with Crippen molar-refractivity contribution in [3.8, 4) is 17.1 Å². The van der Waals surface area contributed by atoms with Crippen LogP contribution in [0.25, 0.3) is 11.4 Å². The predicted molar refractivity (Wildman–Crippen MR) is 200 cm³/mol. The molecule has 1 amide bonds. The molecule has 1 aromatic carbocycles. The van der Waals surface area contributed by atoms with Gasteiger partial charge < -0.3 is 14.8 Å². The number of tetrazole rings is 1. The molecule has 0 saturated heterocycles. The molecule has 4 rings (SSSR count). The van der Waals surface area contributed by atoms with Crippen molar-refractivity contribution in [1.82, 2.24) is 30.2 Å². The number of aromatic nitrogens is 4. The number of carbonyl (C=O) groups excluding carboxylic acids is 2. The van der Waals surface area contributed by atoms with E-state index in [0.717, 1.165) is 55.8 Å². The number of ether oxygens (including phenoxy) is 2. The van der Waals surface area contributed by atoms with Gasteiger partial charge in [-0.2, -0.15) is 4.80 Å². The number of rotatable bonds is 10. The van der Waals surface area contributed by atoms with Crippen LogP contribution in [-0.4, -0.2) is 72.1 Å². The number of benzene rings is 1. The first-order valence-corrected chi connectivity index (χ1v) is 19.6. The molecule has 1 atom stereocenters. The third kappa shape index (κ3) is 16.8. The number of nitrogens with zero attached hydrogens (tertiary/aromatic N) is 4. The van der Waals surface area contributed by atoms with Crippen molar-refractivity contribution in [3.05, 3.63) is 24.3 Å². The summed E-state index contributed by atoms with van der Waals surface area (Å²) < 4.78 is 34.4.